The molecule has 5 N–H and O–H groups in total. The van der Waals surface area contributed by atoms with Gasteiger partial charge in [0, 0.05) is 19.6 Å². The summed E-state index contributed by atoms with van der Waals surface area (Å²) in [6.07, 6.45) is 6.58. The van der Waals surface area contributed by atoms with Crippen LogP contribution in [-0.2, 0) is 4.79 Å². The number of carboxylic acids is 1. The summed E-state index contributed by atoms with van der Waals surface area (Å²) in [4.78, 5) is 13.7. The van der Waals surface area contributed by atoms with Crippen LogP contribution < -0.4 is 5.73 Å². The lowest BCUT2D eigenvalue weighted by molar-refractivity contribution is -0.144. The van der Waals surface area contributed by atoms with Gasteiger partial charge in [0.05, 0.1) is 0 Å². The molecule has 0 bridgehead atoms. The first kappa shape index (κ1) is 20.6. The predicted molar refractivity (Wildman–Crippen MR) is 96.5 cm³/mol. The molecule has 1 aliphatic rings. The Morgan fingerprint density at radius 3 is 2.46 bits per heavy atom. The van der Waals surface area contributed by atoms with Gasteiger partial charge in [0.2, 0.25) is 0 Å². The summed E-state index contributed by atoms with van der Waals surface area (Å²) in [6.45, 7) is 9.83. The average molecular weight is 336 g/mol. The van der Waals surface area contributed by atoms with Crippen molar-refractivity contribution in [3.05, 3.63) is 36.5 Å². The first-order valence-electron chi connectivity index (χ1n) is 8.40. The first-order valence-corrected chi connectivity index (χ1v) is 8.40. The normalized spacial score (nSPS) is 18.1. The summed E-state index contributed by atoms with van der Waals surface area (Å²) in [5, 5.41) is 27.1. The van der Waals surface area contributed by atoms with Crippen molar-refractivity contribution in [2.75, 3.05) is 19.6 Å². The predicted octanol–water partition coefficient (Wildman–Crippen LogP) is 1.18. The molecule has 0 saturated heterocycles. The second-order valence-corrected chi connectivity index (χ2v) is 6.42. The molecule has 7 heteroatoms. The molecule has 1 rings (SSSR count). The molecule has 24 heavy (non-hydrogen) atoms. The monoisotopic (exact) mass is 336 g/mol. The van der Waals surface area contributed by atoms with Crippen LogP contribution in [0.4, 0.5) is 0 Å². The number of hydrogen-bond donors (Lipinski definition) is 4. The van der Waals surface area contributed by atoms with Crippen molar-refractivity contribution < 1.29 is 19.9 Å². The summed E-state index contributed by atoms with van der Waals surface area (Å²) in [5.74, 6) is -1.00. The molecular weight excluding hydrogens is 307 g/mol. The lowest BCUT2D eigenvalue weighted by Crippen LogP contribution is -2.50. The zero-order valence-corrected chi connectivity index (χ0v) is 14.3. The van der Waals surface area contributed by atoms with Gasteiger partial charge in [0.15, 0.2) is 0 Å². The van der Waals surface area contributed by atoms with Crippen LogP contribution in [0.5, 0.6) is 0 Å². The minimum Gasteiger partial charge on any atom is -0.480 e. The minimum atomic E-state index is -1.35. The minimum absolute atomic E-state index is 0.236. The number of unbranched alkanes of at least 4 members (excludes halogenated alkanes) is 1. The van der Waals surface area contributed by atoms with E-state index in [4.69, 9.17) is 15.8 Å². The number of aliphatic carboxylic acids is 1. The Morgan fingerprint density at radius 1 is 1.25 bits per heavy atom. The zero-order chi connectivity index (χ0) is 18.2. The van der Waals surface area contributed by atoms with E-state index < -0.39 is 18.6 Å². The molecule has 1 unspecified atom stereocenters. The topological polar surface area (TPSA) is 107 Å². The Bertz CT molecular complexity index is 493. The van der Waals surface area contributed by atoms with Gasteiger partial charge in [-0.1, -0.05) is 38.2 Å². The van der Waals surface area contributed by atoms with Crippen LogP contribution in [0.3, 0.4) is 0 Å². The molecule has 1 aliphatic heterocycles. The fourth-order valence-electron chi connectivity index (χ4n) is 2.94. The van der Waals surface area contributed by atoms with E-state index in [0.717, 1.165) is 25.1 Å². The van der Waals surface area contributed by atoms with Crippen molar-refractivity contribution in [2.45, 2.75) is 44.0 Å². The molecule has 0 aromatic rings. The molecule has 134 valence electrons. The van der Waals surface area contributed by atoms with Gasteiger partial charge < -0.3 is 20.9 Å². The Balaban J connectivity index is 2.54. The third kappa shape index (κ3) is 6.24. The van der Waals surface area contributed by atoms with Crippen LogP contribution in [0.2, 0.25) is 6.32 Å². The van der Waals surface area contributed by atoms with Gasteiger partial charge in [-0.15, -0.1) is 0 Å². The first-order chi connectivity index (χ1) is 11.3. The molecule has 0 aliphatic carbocycles. The molecule has 0 radical (unpaired) electrons. The number of nitrogens with zero attached hydrogens (tertiary/aromatic N) is 1. The van der Waals surface area contributed by atoms with Crippen molar-refractivity contribution >= 4 is 13.1 Å². The number of carboxylic acid groups (broad SMARTS) is 1. The summed E-state index contributed by atoms with van der Waals surface area (Å²) in [7, 11) is -1.35. The Labute approximate surface area is 144 Å². The molecule has 0 aromatic heterocycles. The van der Waals surface area contributed by atoms with Crippen LogP contribution >= 0.6 is 0 Å². The highest BCUT2D eigenvalue weighted by Gasteiger charge is 2.34. The number of hydrogen-bond acceptors (Lipinski definition) is 5. The van der Waals surface area contributed by atoms with E-state index in [1.54, 1.807) is 0 Å². The molecule has 6 nitrogen and oxygen atoms in total. The van der Waals surface area contributed by atoms with Crippen molar-refractivity contribution in [3.8, 4) is 0 Å². The molecule has 0 saturated carbocycles. The summed E-state index contributed by atoms with van der Waals surface area (Å²) in [5.41, 5.74) is 7.14. The van der Waals surface area contributed by atoms with E-state index >= 15 is 0 Å². The number of rotatable bonds is 11. The van der Waals surface area contributed by atoms with E-state index in [1.807, 2.05) is 12.2 Å². The average Bonchev–Trinajstić information content (AvgIpc) is 2.56. The van der Waals surface area contributed by atoms with Crippen LogP contribution in [0, 0.1) is 0 Å². The van der Waals surface area contributed by atoms with Crippen LogP contribution in [0.1, 0.15) is 32.1 Å². The lowest BCUT2D eigenvalue weighted by Gasteiger charge is -2.32. The maximum absolute atomic E-state index is 11.6. The van der Waals surface area contributed by atoms with Crippen LogP contribution in [-0.4, -0.2) is 58.3 Å². The number of allylic oxidation sites excluding steroid dienone is 1. The molecule has 0 amide bonds. The van der Waals surface area contributed by atoms with Gasteiger partial charge in [-0.3, -0.25) is 9.69 Å². The van der Waals surface area contributed by atoms with Gasteiger partial charge in [-0.2, -0.15) is 0 Å². The third-order valence-electron chi connectivity index (χ3n) is 4.63. The van der Waals surface area contributed by atoms with Crippen LogP contribution in [0.25, 0.3) is 0 Å². The lowest BCUT2D eigenvalue weighted by atomic mass is 9.81. The Hall–Kier alpha value is -1.41. The molecular formula is C17H29BN2O4. The van der Waals surface area contributed by atoms with E-state index in [1.165, 1.54) is 5.57 Å². The molecule has 1 atom stereocenters. The van der Waals surface area contributed by atoms with Gasteiger partial charge in [-0.25, -0.2) is 0 Å². The highest BCUT2D eigenvalue weighted by Crippen LogP contribution is 2.22. The maximum Gasteiger partial charge on any atom is 0.451 e. The summed E-state index contributed by atoms with van der Waals surface area (Å²) < 4.78 is 0. The smallest absolute Gasteiger partial charge is 0.451 e. The SMILES string of the molecule is C=CC1=C(C=C)CN(CCC(N)(CCCCB(O)O)C(=O)O)CC1. The van der Waals surface area contributed by atoms with E-state index in [0.29, 0.717) is 32.2 Å². The van der Waals surface area contributed by atoms with Crippen molar-refractivity contribution in [1.29, 1.82) is 0 Å². The molecule has 0 fully saturated rings. The standard InChI is InChI=1S/C17H29BN2O4/c1-3-14-7-11-20(13-15(14)4-2)12-9-17(19,16(21)22)8-5-6-10-18(23)24/h3-4,23-24H,1-2,5-13,19H2,(H,21,22). The van der Waals surface area contributed by atoms with Gasteiger partial charge in [0.1, 0.15) is 5.54 Å². The highest BCUT2D eigenvalue weighted by atomic mass is 16.4. The summed E-state index contributed by atoms with van der Waals surface area (Å²) in [6, 6.07) is 0. The van der Waals surface area contributed by atoms with E-state index in [-0.39, 0.29) is 6.32 Å². The molecule has 0 aromatic carbocycles. The van der Waals surface area contributed by atoms with Crippen molar-refractivity contribution in [2.24, 2.45) is 5.73 Å². The largest absolute Gasteiger partial charge is 0.480 e. The van der Waals surface area contributed by atoms with Gasteiger partial charge >= 0.3 is 13.1 Å². The molecule has 1 heterocycles. The van der Waals surface area contributed by atoms with E-state index in [2.05, 4.69) is 18.1 Å². The van der Waals surface area contributed by atoms with E-state index in [9.17, 15) is 9.90 Å². The van der Waals surface area contributed by atoms with Crippen molar-refractivity contribution in [1.82, 2.24) is 4.90 Å². The highest BCUT2D eigenvalue weighted by molar-refractivity contribution is 6.40. The fraction of sp³-hybridized carbons (Fsp3) is 0.588. The van der Waals surface area contributed by atoms with Crippen LogP contribution in [0.15, 0.2) is 36.5 Å². The third-order valence-corrected chi connectivity index (χ3v) is 4.63. The zero-order valence-electron chi connectivity index (χ0n) is 14.3. The fourth-order valence-corrected chi connectivity index (χ4v) is 2.94. The Morgan fingerprint density at radius 2 is 1.92 bits per heavy atom. The second-order valence-electron chi connectivity index (χ2n) is 6.42. The number of carbonyl (C=O) groups is 1. The summed E-state index contributed by atoms with van der Waals surface area (Å²) >= 11 is 0. The maximum atomic E-state index is 11.6. The Kier molecular flexibility index (Phi) is 8.42. The second kappa shape index (κ2) is 9.79. The quantitative estimate of drug-likeness (QED) is 0.333. The van der Waals surface area contributed by atoms with Crippen molar-refractivity contribution in [3.63, 3.8) is 0 Å². The number of nitrogens with two attached hydrogens (primary N) is 1. The van der Waals surface area contributed by atoms with Gasteiger partial charge in [-0.05, 0) is 36.7 Å². The molecule has 0 spiro atoms. The van der Waals surface area contributed by atoms with Gasteiger partial charge in [0.25, 0.3) is 0 Å².